The van der Waals surface area contributed by atoms with Crippen LogP contribution in [0.3, 0.4) is 0 Å². The van der Waals surface area contributed by atoms with Crippen LogP contribution in [0.1, 0.15) is 126 Å². The lowest BCUT2D eigenvalue weighted by molar-refractivity contribution is 0.454. The normalized spacial score (nSPS) is 11.7. The molecule has 0 aliphatic carbocycles. The molecule has 3 aromatic rings. The van der Waals surface area contributed by atoms with Gasteiger partial charge in [0.15, 0.2) is 0 Å². The van der Waals surface area contributed by atoms with Crippen molar-refractivity contribution in [3.63, 3.8) is 0 Å². The second-order valence-electron chi connectivity index (χ2n) is 13.3. The topological polar surface area (TPSA) is 48.1 Å². The van der Waals surface area contributed by atoms with Crippen LogP contribution in [0.4, 0.5) is 0 Å². The first-order valence-corrected chi connectivity index (χ1v) is 19.4. The lowest BCUT2D eigenvalue weighted by Gasteiger charge is -2.37. The molecule has 0 amide bonds. The van der Waals surface area contributed by atoms with Gasteiger partial charge in [-0.1, -0.05) is 162 Å². The Labute approximate surface area is 289 Å². The van der Waals surface area contributed by atoms with Crippen molar-refractivity contribution < 1.29 is 0 Å². The van der Waals surface area contributed by atoms with Gasteiger partial charge in [-0.25, -0.2) is 0 Å². The average molecular weight is 641 g/mol. The van der Waals surface area contributed by atoms with E-state index < -0.39 is 0 Å². The highest BCUT2D eigenvalue weighted by Gasteiger charge is 2.35. The van der Waals surface area contributed by atoms with Crippen molar-refractivity contribution in [3.05, 3.63) is 108 Å². The summed E-state index contributed by atoms with van der Waals surface area (Å²) < 4.78 is 0. The Bertz CT molecular complexity index is 992. The summed E-state index contributed by atoms with van der Waals surface area (Å²) in [4.78, 5) is 0. The summed E-state index contributed by atoms with van der Waals surface area (Å²) in [6.45, 7) is 10.2. The lowest BCUT2D eigenvalue weighted by atomic mass is 9.77. The molecule has 0 aliphatic rings. The Kier molecular flexibility index (Phi) is 21.9. The van der Waals surface area contributed by atoms with Crippen LogP contribution in [0.15, 0.2) is 91.0 Å². The van der Waals surface area contributed by atoms with Gasteiger partial charge >= 0.3 is 0 Å². The summed E-state index contributed by atoms with van der Waals surface area (Å²) in [7, 11) is 0. The van der Waals surface area contributed by atoms with Gasteiger partial charge in [-0.2, -0.15) is 0 Å². The maximum absolute atomic E-state index is 4.03. The molecule has 3 aromatic carbocycles. The molecule has 0 bridgehead atoms. The molecular weight excluding hydrogens is 573 g/mol. The summed E-state index contributed by atoms with van der Waals surface area (Å²) in [5, 5.41) is 14.8. The van der Waals surface area contributed by atoms with Crippen LogP contribution in [-0.2, 0) is 5.54 Å². The number of benzene rings is 3. The molecule has 47 heavy (non-hydrogen) atoms. The minimum absolute atomic E-state index is 0.354. The second kappa shape index (κ2) is 26.5. The third kappa shape index (κ3) is 16.0. The van der Waals surface area contributed by atoms with Gasteiger partial charge in [0, 0.05) is 0 Å². The third-order valence-electron chi connectivity index (χ3n) is 9.46. The molecule has 0 radical (unpaired) electrons. The van der Waals surface area contributed by atoms with Crippen LogP contribution in [0.5, 0.6) is 0 Å². The third-order valence-corrected chi connectivity index (χ3v) is 9.46. The van der Waals surface area contributed by atoms with Crippen LogP contribution in [0.25, 0.3) is 0 Å². The van der Waals surface area contributed by atoms with Crippen molar-refractivity contribution in [1.82, 2.24) is 21.3 Å². The molecular formula is C43H68N4. The molecule has 4 N–H and O–H groups in total. The zero-order valence-electron chi connectivity index (χ0n) is 29.9. The molecule has 4 nitrogen and oxygen atoms in total. The molecule has 0 saturated carbocycles. The SMILES string of the molecule is CCNCCCCCCCCNCCCCCCCCNCCCCCCNC(c1ccccc1)(c1ccccc1)c1ccccc1. The molecule has 0 unspecified atom stereocenters. The van der Waals surface area contributed by atoms with Gasteiger partial charge in [-0.05, 0) is 101 Å². The lowest BCUT2D eigenvalue weighted by Crippen LogP contribution is -2.45. The van der Waals surface area contributed by atoms with E-state index in [1.807, 2.05) is 0 Å². The minimum Gasteiger partial charge on any atom is -0.317 e. The van der Waals surface area contributed by atoms with E-state index in [9.17, 15) is 0 Å². The molecule has 0 spiro atoms. The van der Waals surface area contributed by atoms with Crippen molar-refractivity contribution in [2.24, 2.45) is 0 Å². The first kappa shape index (κ1) is 38.9. The summed E-state index contributed by atoms with van der Waals surface area (Å²) in [5.41, 5.74) is 3.51. The van der Waals surface area contributed by atoms with Crippen LogP contribution >= 0.6 is 0 Å². The van der Waals surface area contributed by atoms with Crippen LogP contribution < -0.4 is 21.3 Å². The van der Waals surface area contributed by atoms with E-state index in [0.29, 0.717) is 0 Å². The van der Waals surface area contributed by atoms with Gasteiger partial charge in [-0.3, -0.25) is 5.32 Å². The monoisotopic (exact) mass is 641 g/mol. The fourth-order valence-electron chi connectivity index (χ4n) is 6.72. The Morgan fingerprint density at radius 2 is 0.617 bits per heavy atom. The van der Waals surface area contributed by atoms with Gasteiger partial charge in [0.1, 0.15) is 0 Å². The van der Waals surface area contributed by atoms with Crippen molar-refractivity contribution in [1.29, 1.82) is 0 Å². The minimum atomic E-state index is -0.354. The van der Waals surface area contributed by atoms with E-state index in [0.717, 1.165) is 19.6 Å². The van der Waals surface area contributed by atoms with Gasteiger partial charge in [0.05, 0.1) is 5.54 Å². The standard InChI is InChI=1S/C43H68N4/c1-2-44-34-22-7-3-4-8-23-35-45-36-24-9-5-6-10-25-37-46-38-26-11-12-27-39-47-43(40-28-16-13-17-29-40,41-30-18-14-19-31-41)42-32-20-15-21-33-42/h13-21,28-33,44-47H,2-12,22-27,34-39H2,1H3. The summed E-state index contributed by atoms with van der Waals surface area (Å²) in [6, 6.07) is 32.8. The van der Waals surface area contributed by atoms with Gasteiger partial charge < -0.3 is 16.0 Å². The van der Waals surface area contributed by atoms with Crippen molar-refractivity contribution in [2.75, 3.05) is 45.8 Å². The molecule has 0 heterocycles. The molecule has 3 rings (SSSR count). The largest absolute Gasteiger partial charge is 0.317 e. The Morgan fingerprint density at radius 3 is 0.936 bits per heavy atom. The van der Waals surface area contributed by atoms with E-state index in [4.69, 9.17) is 0 Å². The number of rotatable bonds is 30. The first-order valence-electron chi connectivity index (χ1n) is 19.4. The number of hydrogen-bond donors (Lipinski definition) is 4. The van der Waals surface area contributed by atoms with Gasteiger partial charge in [0.2, 0.25) is 0 Å². The number of hydrogen-bond acceptors (Lipinski definition) is 4. The summed E-state index contributed by atoms with van der Waals surface area (Å²) in [6.07, 6.45) is 21.4. The van der Waals surface area contributed by atoms with E-state index in [1.54, 1.807) is 0 Å². The van der Waals surface area contributed by atoms with Crippen molar-refractivity contribution in [3.8, 4) is 0 Å². The average Bonchev–Trinajstić information content (AvgIpc) is 3.12. The summed E-state index contributed by atoms with van der Waals surface area (Å²) in [5.74, 6) is 0. The zero-order chi connectivity index (χ0) is 32.9. The van der Waals surface area contributed by atoms with Crippen LogP contribution in [0, 0.1) is 0 Å². The van der Waals surface area contributed by atoms with Gasteiger partial charge in [0.25, 0.3) is 0 Å². The fraction of sp³-hybridized carbons (Fsp3) is 0.581. The van der Waals surface area contributed by atoms with Crippen molar-refractivity contribution in [2.45, 2.75) is 115 Å². The van der Waals surface area contributed by atoms with E-state index in [2.05, 4.69) is 119 Å². The summed E-state index contributed by atoms with van der Waals surface area (Å²) >= 11 is 0. The van der Waals surface area contributed by atoms with E-state index in [1.165, 1.54) is 146 Å². The predicted octanol–water partition coefficient (Wildman–Crippen LogP) is 9.60. The highest BCUT2D eigenvalue weighted by atomic mass is 15.0. The van der Waals surface area contributed by atoms with E-state index in [-0.39, 0.29) is 5.54 Å². The highest BCUT2D eigenvalue weighted by molar-refractivity contribution is 5.49. The number of nitrogens with one attached hydrogen (secondary N) is 4. The Morgan fingerprint density at radius 1 is 0.340 bits per heavy atom. The Hall–Kier alpha value is -2.50. The number of unbranched alkanes of at least 4 members (excludes halogenated alkanes) is 13. The van der Waals surface area contributed by atoms with Crippen molar-refractivity contribution >= 4 is 0 Å². The highest BCUT2D eigenvalue weighted by Crippen LogP contribution is 2.36. The van der Waals surface area contributed by atoms with E-state index >= 15 is 0 Å². The quantitative estimate of drug-likeness (QED) is 0.0433. The molecule has 0 saturated heterocycles. The molecule has 0 aromatic heterocycles. The molecule has 0 atom stereocenters. The molecule has 0 fully saturated rings. The molecule has 260 valence electrons. The smallest absolute Gasteiger partial charge is 0.0947 e. The fourth-order valence-corrected chi connectivity index (χ4v) is 6.72. The van der Waals surface area contributed by atoms with Crippen LogP contribution in [0.2, 0.25) is 0 Å². The molecule has 0 aliphatic heterocycles. The predicted molar refractivity (Wildman–Crippen MR) is 205 cm³/mol. The zero-order valence-corrected chi connectivity index (χ0v) is 29.9. The first-order chi connectivity index (χ1) is 23.4. The van der Waals surface area contributed by atoms with Crippen LogP contribution in [-0.4, -0.2) is 45.8 Å². The maximum Gasteiger partial charge on any atom is 0.0947 e. The maximum atomic E-state index is 4.03. The molecule has 4 heteroatoms. The second-order valence-corrected chi connectivity index (χ2v) is 13.3. The Balaban J connectivity index is 1.16. The van der Waals surface area contributed by atoms with Gasteiger partial charge in [-0.15, -0.1) is 0 Å².